The van der Waals surface area contributed by atoms with E-state index in [2.05, 4.69) is 40.1 Å². The van der Waals surface area contributed by atoms with Crippen molar-refractivity contribution in [2.45, 2.75) is 51.2 Å². The zero-order valence-corrected chi connectivity index (χ0v) is 13.6. The highest BCUT2D eigenvalue weighted by Gasteiger charge is 2.39. The van der Waals surface area contributed by atoms with Crippen LogP contribution in [0, 0.1) is 0 Å². The van der Waals surface area contributed by atoms with Crippen LogP contribution in [0.25, 0.3) is 0 Å². The molecule has 2 unspecified atom stereocenters. The van der Waals surface area contributed by atoms with Crippen LogP contribution in [0.1, 0.15) is 51.2 Å². The van der Waals surface area contributed by atoms with Gasteiger partial charge in [0, 0.05) is 21.0 Å². The number of hydrogen-bond donors (Lipinski definition) is 1. The van der Waals surface area contributed by atoms with Gasteiger partial charge in [0.15, 0.2) is 0 Å². The quantitative estimate of drug-likeness (QED) is 0.893. The Bertz CT molecular complexity index is 389. The first-order chi connectivity index (χ1) is 8.59. The van der Waals surface area contributed by atoms with Gasteiger partial charge in [0.05, 0.1) is 6.10 Å². The van der Waals surface area contributed by atoms with Crippen LogP contribution in [0.5, 0.6) is 0 Å². The lowest BCUT2D eigenvalue weighted by Gasteiger charge is -2.46. The second-order valence-electron chi connectivity index (χ2n) is 5.34. The largest absolute Gasteiger partial charge is 0.386 e. The molecule has 18 heavy (non-hydrogen) atoms. The minimum atomic E-state index is -0.416. The van der Waals surface area contributed by atoms with Crippen LogP contribution in [-0.4, -0.2) is 28.6 Å². The minimum Gasteiger partial charge on any atom is -0.386 e. The minimum absolute atomic E-state index is 0.149. The van der Waals surface area contributed by atoms with Gasteiger partial charge in [0.25, 0.3) is 0 Å². The van der Waals surface area contributed by atoms with Crippen molar-refractivity contribution < 1.29 is 5.11 Å². The Hall–Kier alpha value is 0.1000. The van der Waals surface area contributed by atoms with E-state index in [9.17, 15) is 5.11 Å². The number of piperidine rings is 1. The van der Waals surface area contributed by atoms with E-state index in [-0.39, 0.29) is 5.54 Å². The van der Waals surface area contributed by atoms with E-state index in [1.54, 1.807) is 11.3 Å². The molecule has 0 saturated carbocycles. The molecular formula is C14H22BrNOS. The van der Waals surface area contributed by atoms with Crippen LogP contribution < -0.4 is 0 Å². The molecule has 0 radical (unpaired) electrons. The van der Waals surface area contributed by atoms with Gasteiger partial charge in [-0.25, -0.2) is 0 Å². The molecule has 0 aromatic carbocycles. The summed E-state index contributed by atoms with van der Waals surface area (Å²) in [6.07, 6.45) is 4.40. The Kier molecular flexibility index (Phi) is 4.86. The molecule has 1 aromatic rings. The summed E-state index contributed by atoms with van der Waals surface area (Å²) in [5.74, 6) is 0. The summed E-state index contributed by atoms with van der Waals surface area (Å²) in [6.45, 7) is 6.61. The van der Waals surface area contributed by atoms with Crippen molar-refractivity contribution in [2.24, 2.45) is 0 Å². The lowest BCUT2D eigenvalue weighted by molar-refractivity contribution is -0.0353. The Morgan fingerprint density at radius 1 is 1.39 bits per heavy atom. The maximum Gasteiger partial charge on any atom is 0.0989 e. The van der Waals surface area contributed by atoms with Gasteiger partial charge in [-0.3, -0.25) is 4.90 Å². The molecule has 1 aromatic heterocycles. The van der Waals surface area contributed by atoms with Gasteiger partial charge in [0.2, 0.25) is 0 Å². The molecule has 2 rings (SSSR count). The lowest BCUT2D eigenvalue weighted by atomic mass is 9.85. The van der Waals surface area contributed by atoms with Crippen LogP contribution in [0.15, 0.2) is 15.2 Å². The van der Waals surface area contributed by atoms with E-state index in [1.165, 1.54) is 19.3 Å². The third-order valence-electron chi connectivity index (χ3n) is 4.32. The number of rotatable bonds is 4. The van der Waals surface area contributed by atoms with E-state index < -0.39 is 6.10 Å². The van der Waals surface area contributed by atoms with Gasteiger partial charge in [-0.05, 0) is 60.6 Å². The highest BCUT2D eigenvalue weighted by atomic mass is 79.9. The van der Waals surface area contributed by atoms with Crippen LogP contribution in [0.3, 0.4) is 0 Å². The maximum absolute atomic E-state index is 10.8. The summed E-state index contributed by atoms with van der Waals surface area (Å²) in [6, 6.07) is 0. The Labute approximate surface area is 122 Å². The normalized spacial score (nSPS) is 22.7. The van der Waals surface area contributed by atoms with Crippen LogP contribution in [-0.2, 0) is 0 Å². The predicted molar refractivity (Wildman–Crippen MR) is 81.1 cm³/mol. The van der Waals surface area contributed by atoms with Gasteiger partial charge < -0.3 is 5.11 Å². The number of thiophene rings is 1. The summed E-state index contributed by atoms with van der Waals surface area (Å²) in [5, 5.41) is 14.9. The molecule has 1 fully saturated rings. The number of aliphatic hydroxyl groups excluding tert-OH is 1. The average Bonchev–Trinajstić information content (AvgIpc) is 2.84. The molecule has 1 saturated heterocycles. The number of aliphatic hydroxyl groups is 1. The molecular weight excluding hydrogens is 310 g/mol. The van der Waals surface area contributed by atoms with Gasteiger partial charge in [-0.2, -0.15) is 11.3 Å². The molecule has 0 bridgehead atoms. The highest BCUT2D eigenvalue weighted by Crippen LogP contribution is 2.39. The molecule has 0 aliphatic carbocycles. The van der Waals surface area contributed by atoms with E-state index >= 15 is 0 Å². The molecule has 4 heteroatoms. The summed E-state index contributed by atoms with van der Waals surface area (Å²) >= 11 is 5.19. The molecule has 102 valence electrons. The maximum atomic E-state index is 10.8. The molecule has 0 spiro atoms. The van der Waals surface area contributed by atoms with Gasteiger partial charge in [0.1, 0.15) is 0 Å². The molecule has 2 nitrogen and oxygen atoms in total. The van der Waals surface area contributed by atoms with Gasteiger partial charge in [-0.1, -0.05) is 13.3 Å². The summed E-state index contributed by atoms with van der Waals surface area (Å²) < 4.78 is 1.04. The second-order valence-corrected chi connectivity index (χ2v) is 6.93. The fraction of sp³-hybridized carbons (Fsp3) is 0.714. The predicted octanol–water partition coefficient (Wildman–Crippen LogP) is 4.20. The second kappa shape index (κ2) is 6.04. The molecule has 0 amide bonds. The fourth-order valence-electron chi connectivity index (χ4n) is 2.82. The van der Waals surface area contributed by atoms with E-state index in [1.807, 2.05) is 5.38 Å². The summed E-state index contributed by atoms with van der Waals surface area (Å²) in [5.41, 5.74) is 0.888. The number of halogens is 1. The van der Waals surface area contributed by atoms with Crippen LogP contribution in [0.2, 0.25) is 0 Å². The Morgan fingerprint density at radius 2 is 2.06 bits per heavy atom. The van der Waals surface area contributed by atoms with Crippen molar-refractivity contribution in [2.75, 3.05) is 13.1 Å². The highest BCUT2D eigenvalue weighted by molar-refractivity contribution is 9.10. The van der Waals surface area contributed by atoms with Crippen LogP contribution >= 0.6 is 27.3 Å². The third-order valence-corrected chi connectivity index (χ3v) is 6.07. The molecule has 1 aliphatic heterocycles. The van der Waals surface area contributed by atoms with E-state index in [0.717, 1.165) is 29.5 Å². The Balaban J connectivity index is 2.22. The van der Waals surface area contributed by atoms with Crippen molar-refractivity contribution in [3.63, 3.8) is 0 Å². The molecule has 2 atom stereocenters. The zero-order valence-electron chi connectivity index (χ0n) is 11.2. The number of nitrogens with zero attached hydrogens (tertiary/aromatic N) is 1. The topological polar surface area (TPSA) is 23.5 Å². The number of likely N-dealkylation sites (tertiary alicyclic amines) is 1. The van der Waals surface area contributed by atoms with Gasteiger partial charge >= 0.3 is 0 Å². The van der Waals surface area contributed by atoms with Crippen molar-refractivity contribution in [3.8, 4) is 0 Å². The SMILES string of the molecule is CCC(C)(C(O)c1cscc1Br)N1CCCCC1. The number of hydrogen-bond acceptors (Lipinski definition) is 3. The summed E-state index contributed by atoms with van der Waals surface area (Å²) in [7, 11) is 0. The van der Waals surface area contributed by atoms with Crippen molar-refractivity contribution in [1.29, 1.82) is 0 Å². The third kappa shape index (κ3) is 2.67. The van der Waals surface area contributed by atoms with Crippen molar-refractivity contribution in [3.05, 3.63) is 20.8 Å². The first kappa shape index (κ1) is 14.5. The lowest BCUT2D eigenvalue weighted by Crippen LogP contribution is -2.52. The first-order valence-electron chi connectivity index (χ1n) is 6.74. The van der Waals surface area contributed by atoms with E-state index in [4.69, 9.17) is 0 Å². The van der Waals surface area contributed by atoms with Gasteiger partial charge in [-0.15, -0.1) is 0 Å². The van der Waals surface area contributed by atoms with E-state index in [0.29, 0.717) is 0 Å². The van der Waals surface area contributed by atoms with Crippen molar-refractivity contribution in [1.82, 2.24) is 4.90 Å². The summed E-state index contributed by atoms with van der Waals surface area (Å²) in [4.78, 5) is 2.48. The fourth-order valence-corrected chi connectivity index (χ4v) is 4.35. The molecule has 2 heterocycles. The van der Waals surface area contributed by atoms with Crippen molar-refractivity contribution >= 4 is 27.3 Å². The zero-order chi connectivity index (χ0) is 13.2. The average molecular weight is 332 g/mol. The molecule has 1 aliphatic rings. The first-order valence-corrected chi connectivity index (χ1v) is 8.48. The Morgan fingerprint density at radius 3 is 2.56 bits per heavy atom. The monoisotopic (exact) mass is 331 g/mol. The smallest absolute Gasteiger partial charge is 0.0989 e. The molecule has 1 N–H and O–H groups in total. The standard InChI is InChI=1S/C14H22BrNOS/c1-3-14(2,16-7-5-4-6-8-16)13(17)11-9-18-10-12(11)15/h9-10,13,17H,3-8H2,1-2H3. The van der Waals surface area contributed by atoms with Crippen LogP contribution in [0.4, 0.5) is 0 Å².